The molecule has 1 N–H and O–H groups in total. The first-order chi connectivity index (χ1) is 10.2. The van der Waals surface area contributed by atoms with E-state index in [0.29, 0.717) is 0 Å². The molecule has 1 aromatic heterocycles. The molecule has 0 radical (unpaired) electrons. The molecular formula is C16H14BrN3O. The van der Waals surface area contributed by atoms with E-state index >= 15 is 0 Å². The number of benzene rings is 2. The minimum atomic E-state index is 0.776. The quantitative estimate of drug-likeness (QED) is 0.762. The van der Waals surface area contributed by atoms with Gasteiger partial charge in [-0.15, -0.1) is 0 Å². The number of aromatic nitrogens is 2. The SMILES string of the molecule is COc1ccc2c(Nc3ccc(C)c(Br)c3)ncnc2c1. The normalized spacial score (nSPS) is 10.6. The van der Waals surface area contributed by atoms with Crippen molar-refractivity contribution in [3.63, 3.8) is 0 Å². The van der Waals surface area contributed by atoms with Crippen molar-refractivity contribution in [1.29, 1.82) is 0 Å². The van der Waals surface area contributed by atoms with E-state index in [2.05, 4.69) is 44.2 Å². The summed E-state index contributed by atoms with van der Waals surface area (Å²) >= 11 is 3.54. The number of ether oxygens (including phenoxy) is 1. The van der Waals surface area contributed by atoms with Crippen molar-refractivity contribution >= 4 is 38.3 Å². The van der Waals surface area contributed by atoms with Crippen LogP contribution in [0.25, 0.3) is 10.9 Å². The van der Waals surface area contributed by atoms with Crippen LogP contribution in [0.15, 0.2) is 47.2 Å². The summed E-state index contributed by atoms with van der Waals surface area (Å²) in [7, 11) is 1.64. The molecule has 0 unspecified atom stereocenters. The summed E-state index contributed by atoms with van der Waals surface area (Å²) in [5.74, 6) is 1.56. The maximum absolute atomic E-state index is 5.22. The zero-order chi connectivity index (χ0) is 14.8. The van der Waals surface area contributed by atoms with Gasteiger partial charge in [0.15, 0.2) is 0 Å². The highest BCUT2D eigenvalue weighted by Gasteiger charge is 2.06. The number of hydrogen-bond acceptors (Lipinski definition) is 4. The number of hydrogen-bond donors (Lipinski definition) is 1. The highest BCUT2D eigenvalue weighted by Crippen LogP contribution is 2.27. The summed E-state index contributed by atoms with van der Waals surface area (Å²) in [6.07, 6.45) is 1.55. The van der Waals surface area contributed by atoms with Crippen LogP contribution < -0.4 is 10.1 Å². The Balaban J connectivity index is 2.02. The first-order valence-electron chi connectivity index (χ1n) is 6.49. The minimum Gasteiger partial charge on any atom is -0.497 e. The standard InChI is InChI=1S/C16H14BrN3O/c1-10-3-4-11(7-14(10)17)20-16-13-6-5-12(21-2)8-15(13)18-9-19-16/h3-9H,1-2H3,(H,18,19,20). The van der Waals surface area contributed by atoms with Crippen molar-refractivity contribution in [2.24, 2.45) is 0 Å². The Morgan fingerprint density at radius 3 is 2.71 bits per heavy atom. The van der Waals surface area contributed by atoms with Gasteiger partial charge >= 0.3 is 0 Å². The van der Waals surface area contributed by atoms with E-state index in [0.717, 1.165) is 32.6 Å². The Labute approximate surface area is 131 Å². The van der Waals surface area contributed by atoms with Crippen LogP contribution >= 0.6 is 15.9 Å². The molecule has 0 bridgehead atoms. The number of aryl methyl sites for hydroxylation is 1. The van der Waals surface area contributed by atoms with Crippen LogP contribution in [0, 0.1) is 6.92 Å². The zero-order valence-corrected chi connectivity index (χ0v) is 13.3. The highest BCUT2D eigenvalue weighted by molar-refractivity contribution is 9.10. The molecule has 2 aromatic carbocycles. The molecule has 5 heteroatoms. The summed E-state index contributed by atoms with van der Waals surface area (Å²) in [6, 6.07) is 11.9. The van der Waals surface area contributed by atoms with Gasteiger partial charge in [0, 0.05) is 21.6 Å². The molecule has 3 aromatic rings. The number of rotatable bonds is 3. The lowest BCUT2D eigenvalue weighted by Gasteiger charge is -2.10. The monoisotopic (exact) mass is 343 g/mol. The second-order valence-corrected chi connectivity index (χ2v) is 5.55. The molecule has 3 rings (SSSR count). The van der Waals surface area contributed by atoms with E-state index in [1.807, 2.05) is 30.3 Å². The second-order valence-electron chi connectivity index (χ2n) is 4.69. The van der Waals surface area contributed by atoms with Gasteiger partial charge in [-0.3, -0.25) is 0 Å². The minimum absolute atomic E-state index is 0.776. The topological polar surface area (TPSA) is 47.0 Å². The fourth-order valence-electron chi connectivity index (χ4n) is 2.07. The van der Waals surface area contributed by atoms with E-state index in [-0.39, 0.29) is 0 Å². The fourth-order valence-corrected chi connectivity index (χ4v) is 2.45. The van der Waals surface area contributed by atoms with Gasteiger partial charge in [0.1, 0.15) is 17.9 Å². The van der Waals surface area contributed by atoms with Crippen LogP contribution in [0.2, 0.25) is 0 Å². The Kier molecular flexibility index (Phi) is 3.75. The molecule has 0 aliphatic heterocycles. The Hall–Kier alpha value is -2.14. The molecule has 0 amide bonds. The van der Waals surface area contributed by atoms with E-state index in [4.69, 9.17) is 4.74 Å². The third kappa shape index (κ3) is 2.83. The van der Waals surface area contributed by atoms with Gasteiger partial charge < -0.3 is 10.1 Å². The van der Waals surface area contributed by atoms with Gasteiger partial charge in [-0.2, -0.15) is 0 Å². The Morgan fingerprint density at radius 1 is 1.10 bits per heavy atom. The predicted molar refractivity (Wildman–Crippen MR) is 88.3 cm³/mol. The maximum Gasteiger partial charge on any atom is 0.141 e. The van der Waals surface area contributed by atoms with Crippen LogP contribution in [0.4, 0.5) is 11.5 Å². The van der Waals surface area contributed by atoms with Crippen LogP contribution in [-0.4, -0.2) is 17.1 Å². The van der Waals surface area contributed by atoms with Crippen molar-refractivity contribution in [2.75, 3.05) is 12.4 Å². The lowest BCUT2D eigenvalue weighted by atomic mass is 10.2. The summed E-state index contributed by atoms with van der Waals surface area (Å²) in [5.41, 5.74) is 3.01. The fraction of sp³-hybridized carbons (Fsp3) is 0.125. The number of fused-ring (bicyclic) bond motifs is 1. The van der Waals surface area contributed by atoms with Crippen molar-refractivity contribution < 1.29 is 4.74 Å². The van der Waals surface area contributed by atoms with Crippen LogP contribution in [0.5, 0.6) is 5.75 Å². The molecule has 0 saturated heterocycles. The summed E-state index contributed by atoms with van der Waals surface area (Å²) in [6.45, 7) is 2.06. The van der Waals surface area contributed by atoms with Crippen molar-refractivity contribution in [2.45, 2.75) is 6.92 Å². The lowest BCUT2D eigenvalue weighted by molar-refractivity contribution is 0.415. The molecule has 4 nitrogen and oxygen atoms in total. The van der Waals surface area contributed by atoms with Gasteiger partial charge in [0.25, 0.3) is 0 Å². The smallest absolute Gasteiger partial charge is 0.141 e. The van der Waals surface area contributed by atoms with Gasteiger partial charge in [0.05, 0.1) is 12.6 Å². The second kappa shape index (κ2) is 5.69. The molecule has 0 atom stereocenters. The van der Waals surface area contributed by atoms with Crippen molar-refractivity contribution in [3.8, 4) is 5.75 Å². The molecule has 0 spiro atoms. The largest absolute Gasteiger partial charge is 0.497 e. The molecule has 1 heterocycles. The number of nitrogens with one attached hydrogen (secondary N) is 1. The summed E-state index contributed by atoms with van der Waals surface area (Å²) < 4.78 is 6.28. The first kappa shape index (κ1) is 13.8. The van der Waals surface area contributed by atoms with Crippen LogP contribution in [-0.2, 0) is 0 Å². The molecular weight excluding hydrogens is 330 g/mol. The average Bonchev–Trinajstić information content (AvgIpc) is 2.50. The van der Waals surface area contributed by atoms with Gasteiger partial charge in [0.2, 0.25) is 0 Å². The van der Waals surface area contributed by atoms with E-state index in [1.54, 1.807) is 13.4 Å². The number of anilines is 2. The maximum atomic E-state index is 5.22. The molecule has 0 saturated carbocycles. The highest BCUT2D eigenvalue weighted by atomic mass is 79.9. The Morgan fingerprint density at radius 2 is 1.95 bits per heavy atom. The average molecular weight is 344 g/mol. The summed E-state index contributed by atoms with van der Waals surface area (Å²) in [4.78, 5) is 8.61. The Bertz CT molecular complexity index is 805. The molecule has 0 aliphatic rings. The molecule has 106 valence electrons. The van der Waals surface area contributed by atoms with Gasteiger partial charge in [-0.05, 0) is 36.8 Å². The number of nitrogens with zero attached hydrogens (tertiary/aromatic N) is 2. The third-order valence-electron chi connectivity index (χ3n) is 3.28. The van der Waals surface area contributed by atoms with Gasteiger partial charge in [-0.1, -0.05) is 22.0 Å². The van der Waals surface area contributed by atoms with Crippen molar-refractivity contribution in [1.82, 2.24) is 9.97 Å². The third-order valence-corrected chi connectivity index (χ3v) is 4.13. The van der Waals surface area contributed by atoms with Crippen LogP contribution in [0.3, 0.4) is 0 Å². The number of halogens is 1. The van der Waals surface area contributed by atoms with Crippen LogP contribution in [0.1, 0.15) is 5.56 Å². The van der Waals surface area contributed by atoms with E-state index in [1.165, 1.54) is 5.56 Å². The van der Waals surface area contributed by atoms with Gasteiger partial charge in [-0.25, -0.2) is 9.97 Å². The molecule has 0 fully saturated rings. The first-order valence-corrected chi connectivity index (χ1v) is 7.28. The summed E-state index contributed by atoms with van der Waals surface area (Å²) in [5, 5.41) is 4.28. The number of methoxy groups -OCH3 is 1. The van der Waals surface area contributed by atoms with Crippen molar-refractivity contribution in [3.05, 3.63) is 52.8 Å². The molecule has 0 aliphatic carbocycles. The molecule has 21 heavy (non-hydrogen) atoms. The lowest BCUT2D eigenvalue weighted by Crippen LogP contribution is -1.96. The van der Waals surface area contributed by atoms with E-state index < -0.39 is 0 Å². The zero-order valence-electron chi connectivity index (χ0n) is 11.7. The predicted octanol–water partition coefficient (Wildman–Crippen LogP) is 4.45. The van der Waals surface area contributed by atoms with E-state index in [9.17, 15) is 0 Å².